The zero-order valence-electron chi connectivity index (χ0n) is 19.2. The van der Waals surface area contributed by atoms with Gasteiger partial charge in [-0.2, -0.15) is 0 Å². The first kappa shape index (κ1) is 24.0. The maximum atomic E-state index is 13.1. The fourth-order valence-corrected chi connectivity index (χ4v) is 4.23. The smallest absolute Gasteiger partial charge is 0.331 e. The van der Waals surface area contributed by atoms with Crippen molar-refractivity contribution < 1.29 is 9.47 Å². The van der Waals surface area contributed by atoms with E-state index in [1.165, 1.54) is 11.6 Å². The number of aromatic nitrogens is 3. The Morgan fingerprint density at radius 1 is 0.912 bits per heavy atom. The second-order valence-electron chi connectivity index (χ2n) is 7.98. The first-order valence-corrected chi connectivity index (χ1v) is 11.7. The summed E-state index contributed by atoms with van der Waals surface area (Å²) < 4.78 is 16.1. The van der Waals surface area contributed by atoms with Crippen LogP contribution in [0.3, 0.4) is 0 Å². The highest BCUT2D eigenvalue weighted by Gasteiger charge is 2.20. The Balaban J connectivity index is 1.80. The van der Waals surface area contributed by atoms with E-state index >= 15 is 0 Å². The molecular weight excluding hydrogens is 477 g/mol. The monoisotopic (exact) mass is 501 g/mol. The number of rotatable bonds is 8. The fourth-order valence-electron chi connectivity index (χ4n) is 3.71. The zero-order valence-corrected chi connectivity index (χ0v) is 20.7. The van der Waals surface area contributed by atoms with Crippen molar-refractivity contribution in [3.8, 4) is 17.4 Å². The van der Waals surface area contributed by atoms with E-state index in [2.05, 4.69) is 6.92 Å². The molecule has 0 aliphatic heterocycles. The van der Waals surface area contributed by atoms with Crippen molar-refractivity contribution in [3.63, 3.8) is 0 Å². The summed E-state index contributed by atoms with van der Waals surface area (Å²) in [6, 6.07) is 14.2. The molecule has 0 spiro atoms. The van der Waals surface area contributed by atoms with Gasteiger partial charge in [-0.1, -0.05) is 42.6 Å². The average molecular weight is 502 g/mol. The molecule has 0 saturated heterocycles. The first-order valence-electron chi connectivity index (χ1n) is 10.9. The van der Waals surface area contributed by atoms with Gasteiger partial charge in [0.15, 0.2) is 0 Å². The summed E-state index contributed by atoms with van der Waals surface area (Å²) >= 11 is 12.8. The van der Waals surface area contributed by atoms with Crippen LogP contribution in [0.4, 0.5) is 0 Å². The molecule has 7 nitrogen and oxygen atoms in total. The molecule has 2 heterocycles. The van der Waals surface area contributed by atoms with Crippen molar-refractivity contribution in [3.05, 3.63) is 85.0 Å². The standard InChI is InChI=1S/C25H25Cl2N3O4/c1-4-5-13-33-16-9-11-17(12-10-16)34-22-14-21-23(24(31)29(3)25(32)28(21)2)30(22)15-18-19(26)7-6-8-20(18)27/h6-12,14H,4-5,13,15H2,1-3H3. The molecule has 0 aliphatic carbocycles. The van der Waals surface area contributed by atoms with E-state index in [0.717, 1.165) is 23.2 Å². The predicted molar refractivity (Wildman–Crippen MR) is 135 cm³/mol. The molecule has 0 aliphatic rings. The number of benzene rings is 2. The number of halogens is 2. The van der Waals surface area contributed by atoms with E-state index in [0.29, 0.717) is 44.9 Å². The molecule has 0 saturated carbocycles. The number of unbranched alkanes of at least 4 members (excludes halogenated alkanes) is 1. The lowest BCUT2D eigenvalue weighted by Gasteiger charge is -2.14. The van der Waals surface area contributed by atoms with E-state index in [1.807, 2.05) is 12.1 Å². The summed E-state index contributed by atoms with van der Waals surface area (Å²) in [5, 5.41) is 0.936. The quantitative estimate of drug-likeness (QED) is 0.304. The van der Waals surface area contributed by atoms with E-state index in [-0.39, 0.29) is 6.54 Å². The predicted octanol–water partition coefficient (Wildman–Crippen LogP) is 5.37. The second kappa shape index (κ2) is 9.99. The van der Waals surface area contributed by atoms with Crippen molar-refractivity contribution in [2.75, 3.05) is 6.61 Å². The Hall–Kier alpha value is -3.16. The highest BCUT2D eigenvalue weighted by atomic mass is 35.5. The van der Waals surface area contributed by atoms with Gasteiger partial charge in [-0.25, -0.2) is 4.79 Å². The van der Waals surface area contributed by atoms with Gasteiger partial charge in [0.1, 0.15) is 17.0 Å². The van der Waals surface area contributed by atoms with Crippen LogP contribution < -0.4 is 20.7 Å². The Bertz CT molecular complexity index is 1430. The summed E-state index contributed by atoms with van der Waals surface area (Å²) in [5.41, 5.74) is 0.547. The lowest BCUT2D eigenvalue weighted by atomic mass is 10.2. The van der Waals surface area contributed by atoms with Crippen LogP contribution in [0, 0.1) is 0 Å². The van der Waals surface area contributed by atoms with E-state index in [9.17, 15) is 9.59 Å². The van der Waals surface area contributed by atoms with E-state index in [4.69, 9.17) is 32.7 Å². The minimum Gasteiger partial charge on any atom is -0.494 e. The molecule has 4 aromatic rings. The van der Waals surface area contributed by atoms with Gasteiger partial charge in [-0.3, -0.25) is 13.9 Å². The number of hydrogen-bond acceptors (Lipinski definition) is 4. The molecule has 9 heteroatoms. The first-order chi connectivity index (χ1) is 16.3. The topological polar surface area (TPSA) is 67.4 Å². The Kier molecular flexibility index (Phi) is 7.05. The van der Waals surface area contributed by atoms with Crippen molar-refractivity contribution in [2.45, 2.75) is 26.3 Å². The molecule has 4 rings (SSSR count). The van der Waals surface area contributed by atoms with E-state index in [1.54, 1.807) is 48.0 Å². The lowest BCUT2D eigenvalue weighted by Crippen LogP contribution is -2.37. The number of fused-ring (bicyclic) bond motifs is 1. The summed E-state index contributed by atoms with van der Waals surface area (Å²) in [6.45, 7) is 2.95. The van der Waals surface area contributed by atoms with Crippen molar-refractivity contribution in [2.24, 2.45) is 14.1 Å². The van der Waals surface area contributed by atoms with Gasteiger partial charge in [0.2, 0.25) is 5.88 Å². The molecule has 0 unspecified atom stereocenters. The second-order valence-corrected chi connectivity index (χ2v) is 8.80. The molecular formula is C25H25Cl2N3O4. The fraction of sp³-hybridized carbons (Fsp3) is 0.280. The van der Waals surface area contributed by atoms with E-state index < -0.39 is 11.2 Å². The third-order valence-electron chi connectivity index (χ3n) is 5.67. The Morgan fingerprint density at radius 2 is 1.56 bits per heavy atom. The van der Waals surface area contributed by atoms with Crippen LogP contribution in [0.5, 0.6) is 17.4 Å². The molecule has 0 bridgehead atoms. The van der Waals surface area contributed by atoms with Crippen molar-refractivity contribution >= 4 is 34.2 Å². The van der Waals surface area contributed by atoms with Gasteiger partial charge in [0, 0.05) is 35.8 Å². The van der Waals surface area contributed by atoms with Gasteiger partial charge in [-0.15, -0.1) is 0 Å². The molecule has 2 aromatic heterocycles. The Labute approximate surface area is 206 Å². The number of ether oxygens (including phenoxy) is 2. The summed E-state index contributed by atoms with van der Waals surface area (Å²) in [6.07, 6.45) is 2.04. The zero-order chi connectivity index (χ0) is 24.4. The largest absolute Gasteiger partial charge is 0.494 e. The molecule has 2 aromatic carbocycles. The van der Waals surface area contributed by atoms with Crippen LogP contribution in [0.25, 0.3) is 11.0 Å². The van der Waals surface area contributed by atoms with Crippen LogP contribution in [-0.2, 0) is 20.6 Å². The maximum absolute atomic E-state index is 13.1. The van der Waals surface area contributed by atoms with Gasteiger partial charge in [-0.05, 0) is 42.8 Å². The summed E-state index contributed by atoms with van der Waals surface area (Å²) in [7, 11) is 3.06. The van der Waals surface area contributed by atoms with Crippen molar-refractivity contribution in [1.82, 2.24) is 13.7 Å². The van der Waals surface area contributed by atoms with Crippen molar-refractivity contribution in [1.29, 1.82) is 0 Å². The molecule has 178 valence electrons. The van der Waals surface area contributed by atoms with Crippen LogP contribution in [0.15, 0.2) is 58.1 Å². The van der Waals surface area contributed by atoms with Crippen LogP contribution in [0.1, 0.15) is 25.3 Å². The Morgan fingerprint density at radius 3 is 2.21 bits per heavy atom. The summed E-state index contributed by atoms with van der Waals surface area (Å²) in [5.74, 6) is 1.68. The molecule has 0 atom stereocenters. The number of hydrogen-bond donors (Lipinski definition) is 0. The highest BCUT2D eigenvalue weighted by Crippen LogP contribution is 2.32. The van der Waals surface area contributed by atoms with Gasteiger partial charge in [0.25, 0.3) is 5.56 Å². The van der Waals surface area contributed by atoms with Gasteiger partial charge < -0.3 is 14.0 Å². The van der Waals surface area contributed by atoms with Crippen LogP contribution in [-0.4, -0.2) is 20.3 Å². The normalized spacial score (nSPS) is 11.2. The minimum atomic E-state index is -0.434. The molecule has 0 radical (unpaired) electrons. The number of nitrogens with zero attached hydrogens (tertiary/aromatic N) is 3. The minimum absolute atomic E-state index is 0.184. The highest BCUT2D eigenvalue weighted by molar-refractivity contribution is 6.36. The lowest BCUT2D eigenvalue weighted by molar-refractivity contribution is 0.309. The average Bonchev–Trinajstić information content (AvgIpc) is 3.18. The SMILES string of the molecule is CCCCOc1ccc(Oc2cc3c(c(=O)n(C)c(=O)n3C)n2Cc2c(Cl)cccc2Cl)cc1. The molecule has 0 amide bonds. The van der Waals surface area contributed by atoms with Gasteiger partial charge in [0.05, 0.1) is 18.7 Å². The maximum Gasteiger partial charge on any atom is 0.331 e. The third-order valence-corrected chi connectivity index (χ3v) is 6.38. The summed E-state index contributed by atoms with van der Waals surface area (Å²) in [4.78, 5) is 25.6. The molecule has 0 N–H and O–H groups in total. The third kappa shape index (κ3) is 4.58. The number of aryl methyl sites for hydroxylation is 1. The van der Waals surface area contributed by atoms with Crippen LogP contribution >= 0.6 is 23.2 Å². The molecule has 34 heavy (non-hydrogen) atoms. The van der Waals surface area contributed by atoms with Gasteiger partial charge >= 0.3 is 5.69 Å². The molecule has 0 fully saturated rings. The van der Waals surface area contributed by atoms with Crippen LogP contribution in [0.2, 0.25) is 10.0 Å².